The van der Waals surface area contributed by atoms with Crippen LogP contribution in [0, 0.1) is 4.77 Å². The van der Waals surface area contributed by atoms with Crippen LogP contribution in [0.5, 0.6) is 0 Å². The van der Waals surface area contributed by atoms with Gasteiger partial charge in [-0.2, -0.15) is 10.2 Å². The lowest BCUT2D eigenvalue weighted by Gasteiger charge is -2.05. The number of amides is 1. The number of aryl methyl sites for hydroxylation is 1. The Morgan fingerprint density at radius 2 is 2.30 bits per heavy atom. The third-order valence-corrected chi connectivity index (χ3v) is 4.46. The third kappa shape index (κ3) is 3.57. The van der Waals surface area contributed by atoms with E-state index in [-0.39, 0.29) is 12.5 Å². The first-order valence-electron chi connectivity index (χ1n) is 7.20. The van der Waals surface area contributed by atoms with Gasteiger partial charge in [0.05, 0.1) is 10.6 Å². The van der Waals surface area contributed by atoms with Crippen molar-refractivity contribution < 1.29 is 4.79 Å². The molecule has 0 saturated heterocycles. The van der Waals surface area contributed by atoms with Gasteiger partial charge < -0.3 is 5.32 Å². The van der Waals surface area contributed by atoms with Crippen molar-refractivity contribution in [3.05, 3.63) is 34.2 Å². The molecule has 3 aromatic rings. The Hall–Kier alpha value is -2.26. The first-order chi connectivity index (χ1) is 11.2. The van der Waals surface area contributed by atoms with Crippen LogP contribution in [0.4, 0.5) is 5.82 Å². The summed E-state index contributed by atoms with van der Waals surface area (Å²) >= 11 is 6.78. The summed E-state index contributed by atoms with van der Waals surface area (Å²) in [6, 6.07) is 5.77. The summed E-state index contributed by atoms with van der Waals surface area (Å²) in [5, 5.41) is 18.7. The number of rotatable bonds is 6. The normalized spacial score (nSPS) is 10.8. The van der Waals surface area contributed by atoms with Crippen LogP contribution in [-0.2, 0) is 17.8 Å². The molecule has 1 amide bonds. The number of hydrogen-bond donors (Lipinski definition) is 3. The quantitative estimate of drug-likeness (QED) is 0.597. The van der Waals surface area contributed by atoms with Gasteiger partial charge in [0.15, 0.2) is 10.6 Å². The van der Waals surface area contributed by atoms with Crippen LogP contribution < -0.4 is 5.32 Å². The molecule has 0 bridgehead atoms. The largest absolute Gasteiger partial charge is 0.308 e. The minimum absolute atomic E-state index is 0.117. The maximum Gasteiger partial charge on any atom is 0.245 e. The lowest BCUT2D eigenvalue weighted by atomic mass is 10.3. The van der Waals surface area contributed by atoms with Gasteiger partial charge in [0, 0.05) is 12.5 Å². The zero-order valence-corrected chi connectivity index (χ0v) is 14.1. The second kappa shape index (κ2) is 6.88. The van der Waals surface area contributed by atoms with Crippen LogP contribution in [0.2, 0.25) is 0 Å². The molecule has 0 aliphatic rings. The number of carbonyl (C=O) groups excluding carboxylic acids is 1. The SMILES string of the molecule is CCCc1n[nH]c(=S)n1CC(=O)Nc1cc(-c2cccs2)[nH]n1. The molecule has 9 heteroatoms. The van der Waals surface area contributed by atoms with E-state index in [1.165, 1.54) is 0 Å². The highest BCUT2D eigenvalue weighted by molar-refractivity contribution is 7.71. The summed E-state index contributed by atoms with van der Waals surface area (Å²) in [6.07, 6.45) is 1.70. The van der Waals surface area contributed by atoms with E-state index >= 15 is 0 Å². The fourth-order valence-electron chi connectivity index (χ4n) is 2.20. The average Bonchev–Trinajstić information content (AvgIpc) is 3.24. The lowest BCUT2D eigenvalue weighted by molar-refractivity contribution is -0.116. The predicted molar refractivity (Wildman–Crippen MR) is 91.9 cm³/mol. The standard InChI is InChI=1S/C14H16N6OS2/c1-2-4-12-18-19-14(22)20(12)8-13(21)15-11-7-9(16-17-11)10-5-3-6-23-10/h3,5-7H,2,4,8H2,1H3,(H,19,22)(H2,15,16,17,21). The minimum atomic E-state index is -0.191. The predicted octanol–water partition coefficient (Wildman–Crippen LogP) is 2.98. The zero-order chi connectivity index (χ0) is 16.2. The van der Waals surface area contributed by atoms with E-state index in [4.69, 9.17) is 12.2 Å². The van der Waals surface area contributed by atoms with Gasteiger partial charge in [-0.3, -0.25) is 19.6 Å². The second-order valence-electron chi connectivity index (χ2n) is 4.97. The van der Waals surface area contributed by atoms with Crippen molar-refractivity contribution in [1.29, 1.82) is 0 Å². The number of anilines is 1. The van der Waals surface area contributed by atoms with Gasteiger partial charge in [-0.25, -0.2) is 0 Å². The Morgan fingerprint density at radius 3 is 3.04 bits per heavy atom. The molecule has 3 heterocycles. The van der Waals surface area contributed by atoms with Crippen LogP contribution in [0.25, 0.3) is 10.6 Å². The zero-order valence-electron chi connectivity index (χ0n) is 12.5. The van der Waals surface area contributed by atoms with E-state index in [1.807, 2.05) is 23.6 Å². The molecular formula is C14H16N6OS2. The topological polar surface area (TPSA) is 91.4 Å². The maximum absolute atomic E-state index is 12.2. The molecule has 3 rings (SSSR count). The summed E-state index contributed by atoms with van der Waals surface area (Å²) in [4.78, 5) is 13.3. The molecule has 0 aliphatic carbocycles. The molecule has 23 heavy (non-hydrogen) atoms. The first kappa shape index (κ1) is 15.6. The Labute approximate surface area is 141 Å². The third-order valence-electron chi connectivity index (χ3n) is 3.24. The summed E-state index contributed by atoms with van der Waals surface area (Å²) in [6.45, 7) is 2.17. The maximum atomic E-state index is 12.2. The number of hydrogen-bond acceptors (Lipinski definition) is 5. The summed E-state index contributed by atoms with van der Waals surface area (Å²) in [7, 11) is 0. The van der Waals surface area contributed by atoms with E-state index in [9.17, 15) is 4.79 Å². The number of carbonyl (C=O) groups is 1. The van der Waals surface area contributed by atoms with Crippen LogP contribution in [0.15, 0.2) is 23.6 Å². The molecule has 0 atom stereocenters. The molecule has 0 spiro atoms. The van der Waals surface area contributed by atoms with Gasteiger partial charge in [0.25, 0.3) is 0 Å². The molecule has 0 radical (unpaired) electrons. The average molecular weight is 348 g/mol. The highest BCUT2D eigenvalue weighted by Crippen LogP contribution is 2.24. The van der Waals surface area contributed by atoms with Gasteiger partial charge in [0.1, 0.15) is 12.4 Å². The van der Waals surface area contributed by atoms with Gasteiger partial charge >= 0.3 is 0 Å². The van der Waals surface area contributed by atoms with Crippen molar-refractivity contribution in [3.63, 3.8) is 0 Å². The summed E-state index contributed by atoms with van der Waals surface area (Å²) < 4.78 is 2.16. The molecule has 120 valence electrons. The molecule has 7 nitrogen and oxygen atoms in total. The number of nitrogens with one attached hydrogen (secondary N) is 3. The van der Waals surface area contributed by atoms with Crippen molar-refractivity contribution in [2.45, 2.75) is 26.3 Å². The second-order valence-corrected chi connectivity index (χ2v) is 6.31. The smallest absolute Gasteiger partial charge is 0.245 e. The number of aromatic nitrogens is 5. The highest BCUT2D eigenvalue weighted by atomic mass is 32.1. The molecule has 0 fully saturated rings. The number of aromatic amines is 2. The summed E-state index contributed by atoms with van der Waals surface area (Å²) in [5.41, 5.74) is 0.877. The van der Waals surface area contributed by atoms with Crippen LogP contribution >= 0.6 is 23.6 Å². The van der Waals surface area contributed by atoms with Gasteiger partial charge in [-0.15, -0.1) is 11.3 Å². The van der Waals surface area contributed by atoms with Crippen LogP contribution in [-0.4, -0.2) is 30.9 Å². The Balaban J connectivity index is 1.68. The Morgan fingerprint density at radius 1 is 1.43 bits per heavy atom. The van der Waals surface area contributed by atoms with Gasteiger partial charge in [-0.1, -0.05) is 13.0 Å². The molecule has 0 unspecified atom stereocenters. The molecule has 0 aromatic carbocycles. The number of nitrogens with zero attached hydrogens (tertiary/aromatic N) is 3. The van der Waals surface area contributed by atoms with Crippen LogP contribution in [0.1, 0.15) is 19.2 Å². The minimum Gasteiger partial charge on any atom is -0.308 e. The molecular weight excluding hydrogens is 332 g/mol. The van der Waals surface area contributed by atoms with Crippen molar-refractivity contribution in [1.82, 2.24) is 25.0 Å². The molecule has 0 saturated carbocycles. The van der Waals surface area contributed by atoms with Crippen molar-refractivity contribution >= 4 is 35.3 Å². The molecule has 3 N–H and O–H groups in total. The number of H-pyrrole nitrogens is 2. The molecule has 0 aliphatic heterocycles. The van der Waals surface area contributed by atoms with Gasteiger partial charge in [0.2, 0.25) is 5.91 Å². The van der Waals surface area contributed by atoms with Crippen molar-refractivity contribution in [2.75, 3.05) is 5.32 Å². The lowest BCUT2D eigenvalue weighted by Crippen LogP contribution is -2.20. The van der Waals surface area contributed by atoms with E-state index in [1.54, 1.807) is 15.9 Å². The monoisotopic (exact) mass is 348 g/mol. The molecule has 3 aromatic heterocycles. The fraction of sp³-hybridized carbons (Fsp3) is 0.286. The van der Waals surface area contributed by atoms with E-state index in [0.29, 0.717) is 10.6 Å². The van der Waals surface area contributed by atoms with Crippen molar-refractivity contribution in [3.8, 4) is 10.6 Å². The highest BCUT2D eigenvalue weighted by Gasteiger charge is 2.12. The van der Waals surface area contributed by atoms with Gasteiger partial charge in [-0.05, 0) is 30.1 Å². The fourth-order valence-corrected chi connectivity index (χ4v) is 3.11. The summed E-state index contributed by atoms with van der Waals surface area (Å²) in [5.74, 6) is 1.09. The van der Waals surface area contributed by atoms with E-state index < -0.39 is 0 Å². The number of thiophene rings is 1. The van der Waals surface area contributed by atoms with Crippen LogP contribution in [0.3, 0.4) is 0 Å². The Bertz CT molecular complexity index is 845. The van der Waals surface area contributed by atoms with Crippen molar-refractivity contribution in [2.24, 2.45) is 0 Å². The van der Waals surface area contributed by atoms with E-state index in [0.717, 1.165) is 29.2 Å². The van der Waals surface area contributed by atoms with E-state index in [2.05, 4.69) is 32.6 Å². The Kier molecular flexibility index (Phi) is 4.68. The first-order valence-corrected chi connectivity index (χ1v) is 8.49.